The van der Waals surface area contributed by atoms with Crippen molar-refractivity contribution in [3.8, 4) is 23.0 Å². The highest BCUT2D eigenvalue weighted by molar-refractivity contribution is 14.1. The number of hydrazone groups is 1. The lowest BCUT2D eigenvalue weighted by molar-refractivity contribution is -0.139. The van der Waals surface area contributed by atoms with E-state index < -0.39 is 30.6 Å². The Bertz CT molecular complexity index is 1730. The van der Waals surface area contributed by atoms with E-state index in [2.05, 4.69) is 43.8 Å². The van der Waals surface area contributed by atoms with Crippen LogP contribution in [-0.4, -0.2) is 51.6 Å². The van der Waals surface area contributed by atoms with Gasteiger partial charge < -0.3 is 34.3 Å². The maximum atomic E-state index is 12.7. The summed E-state index contributed by atoms with van der Waals surface area (Å²) >= 11 is 14.4. The number of nitrogens with one attached hydrogen (secondary N) is 3. The van der Waals surface area contributed by atoms with Gasteiger partial charge in [0.1, 0.15) is 6.61 Å². The molecule has 12 nitrogen and oxygen atoms in total. The van der Waals surface area contributed by atoms with Crippen LogP contribution in [0.15, 0.2) is 64.9 Å². The summed E-state index contributed by atoms with van der Waals surface area (Å²) in [5.41, 5.74) is 4.89. The number of hydrogen-bond acceptors (Lipinski definition) is 9. The van der Waals surface area contributed by atoms with Crippen LogP contribution < -0.4 is 35.0 Å². The number of carbonyl (C=O) groups excluding carboxylic acids is 3. The van der Waals surface area contributed by atoms with E-state index in [1.807, 2.05) is 6.07 Å². The molecule has 1 heterocycles. The smallest absolute Gasteiger partial charge is 0.338 e. The molecule has 0 saturated heterocycles. The first kappa shape index (κ1) is 35.6. The summed E-state index contributed by atoms with van der Waals surface area (Å²) in [6.07, 6.45) is 1.43. The number of halogens is 3. The Morgan fingerprint density at radius 1 is 1.02 bits per heavy atom. The largest absolute Gasteiger partial charge is 0.493 e. The number of rotatable bonds is 13. The number of urea groups is 1. The van der Waals surface area contributed by atoms with E-state index in [4.69, 9.17) is 46.9 Å². The summed E-state index contributed by atoms with van der Waals surface area (Å²) in [5.74, 6) is 0.298. The second kappa shape index (κ2) is 16.6. The van der Waals surface area contributed by atoms with Gasteiger partial charge in [-0.1, -0.05) is 35.3 Å². The first-order valence-corrected chi connectivity index (χ1v) is 15.9. The van der Waals surface area contributed by atoms with Crippen molar-refractivity contribution in [3.05, 3.63) is 90.1 Å². The number of benzene rings is 3. The fourth-order valence-corrected chi connectivity index (χ4v) is 5.62. The van der Waals surface area contributed by atoms with E-state index in [0.717, 1.165) is 9.13 Å². The molecule has 47 heavy (non-hydrogen) atoms. The van der Waals surface area contributed by atoms with Crippen molar-refractivity contribution in [1.82, 2.24) is 16.1 Å². The highest BCUT2D eigenvalue weighted by Gasteiger charge is 2.32. The Hall–Kier alpha value is -4.21. The topological polar surface area (TPSA) is 146 Å². The minimum absolute atomic E-state index is 0.138. The van der Waals surface area contributed by atoms with Crippen LogP contribution >= 0.6 is 45.8 Å². The van der Waals surface area contributed by atoms with E-state index in [1.165, 1.54) is 20.4 Å². The maximum absolute atomic E-state index is 12.7. The second-order valence-electron chi connectivity index (χ2n) is 9.83. The van der Waals surface area contributed by atoms with Crippen LogP contribution in [0.2, 0.25) is 10.0 Å². The Kier molecular flexibility index (Phi) is 12.6. The minimum atomic E-state index is -0.792. The standard InChI is InChI=1S/C32H31Cl2IN4O8/c1-5-45-31(41)28-17(2)37-32(42)38-29(28)18-7-9-24(25(11-18)43-3)46-16-27(40)39-36-14-20-10-22(35)13-26(44-4)30(20)47-15-19-6-8-21(33)12-23(19)34/h6-14,29H,5,15-16H2,1-4H3,(H,39,40)(H2,37,38,42)/b36-14+/t29-/m0/s1. The highest BCUT2D eigenvalue weighted by atomic mass is 127. The number of methoxy groups -OCH3 is 2. The molecular weight excluding hydrogens is 766 g/mol. The number of carbonyl (C=O) groups is 3. The summed E-state index contributed by atoms with van der Waals surface area (Å²) in [4.78, 5) is 37.5. The van der Waals surface area contributed by atoms with Crippen molar-refractivity contribution in [2.24, 2.45) is 5.10 Å². The SMILES string of the molecule is CCOC(=O)C1=C(C)NC(=O)N[C@H]1c1ccc(OCC(=O)N/N=C/c2cc(I)cc(OC)c2OCc2ccc(Cl)cc2Cl)c(OC)c1. The molecule has 3 amide bonds. The van der Waals surface area contributed by atoms with Gasteiger partial charge in [-0.25, -0.2) is 15.0 Å². The molecule has 0 bridgehead atoms. The first-order chi connectivity index (χ1) is 22.5. The number of allylic oxidation sites excluding steroid dienone is 1. The maximum Gasteiger partial charge on any atom is 0.338 e. The molecule has 0 aromatic heterocycles. The number of nitrogens with zero attached hydrogens (tertiary/aromatic N) is 1. The van der Waals surface area contributed by atoms with Gasteiger partial charge in [0.15, 0.2) is 29.6 Å². The average Bonchev–Trinajstić information content (AvgIpc) is 3.03. The van der Waals surface area contributed by atoms with Crippen molar-refractivity contribution in [1.29, 1.82) is 0 Å². The number of amides is 3. The van der Waals surface area contributed by atoms with Gasteiger partial charge in [-0.15, -0.1) is 0 Å². The molecule has 0 aliphatic carbocycles. The summed E-state index contributed by atoms with van der Waals surface area (Å²) in [7, 11) is 2.95. The molecule has 15 heteroatoms. The summed E-state index contributed by atoms with van der Waals surface area (Å²) in [6, 6.07) is 12.3. The third-order valence-electron chi connectivity index (χ3n) is 6.69. The lowest BCUT2D eigenvalue weighted by Crippen LogP contribution is -2.45. The van der Waals surface area contributed by atoms with Gasteiger partial charge >= 0.3 is 12.0 Å². The van der Waals surface area contributed by atoms with Gasteiger partial charge in [0, 0.05) is 30.4 Å². The zero-order valence-electron chi connectivity index (χ0n) is 25.7. The molecule has 0 fully saturated rings. The van der Waals surface area contributed by atoms with E-state index in [0.29, 0.717) is 38.4 Å². The molecule has 248 valence electrons. The van der Waals surface area contributed by atoms with E-state index >= 15 is 0 Å². The van der Waals surface area contributed by atoms with E-state index in [-0.39, 0.29) is 30.3 Å². The Morgan fingerprint density at radius 2 is 1.79 bits per heavy atom. The molecule has 0 radical (unpaired) electrons. The molecule has 3 aromatic carbocycles. The van der Waals surface area contributed by atoms with Gasteiger partial charge in [-0.05, 0) is 78.4 Å². The second-order valence-corrected chi connectivity index (χ2v) is 11.9. The summed E-state index contributed by atoms with van der Waals surface area (Å²) in [5, 5.41) is 10.4. The lowest BCUT2D eigenvalue weighted by Gasteiger charge is -2.28. The van der Waals surface area contributed by atoms with E-state index in [9.17, 15) is 14.4 Å². The molecule has 0 spiro atoms. The van der Waals surface area contributed by atoms with Crippen molar-refractivity contribution in [3.63, 3.8) is 0 Å². The van der Waals surface area contributed by atoms with Crippen molar-refractivity contribution < 1.29 is 38.1 Å². The molecule has 3 aromatic rings. The molecule has 3 N–H and O–H groups in total. The normalized spacial score (nSPS) is 14.3. The van der Waals surface area contributed by atoms with Crippen LogP contribution in [0.25, 0.3) is 0 Å². The fourth-order valence-electron chi connectivity index (χ4n) is 4.54. The molecular formula is C32H31Cl2IN4O8. The first-order valence-electron chi connectivity index (χ1n) is 14.1. The lowest BCUT2D eigenvalue weighted by atomic mass is 9.95. The predicted molar refractivity (Wildman–Crippen MR) is 184 cm³/mol. The molecule has 1 aliphatic heterocycles. The predicted octanol–water partition coefficient (Wildman–Crippen LogP) is 5.91. The number of esters is 1. The third-order valence-corrected chi connectivity index (χ3v) is 7.90. The van der Waals surface area contributed by atoms with Crippen LogP contribution in [0.4, 0.5) is 4.79 Å². The van der Waals surface area contributed by atoms with Crippen LogP contribution in [0.5, 0.6) is 23.0 Å². The van der Waals surface area contributed by atoms with Gasteiger partial charge in [0.05, 0.1) is 38.7 Å². The monoisotopic (exact) mass is 796 g/mol. The van der Waals surface area contributed by atoms with Gasteiger partial charge in [-0.2, -0.15) is 5.10 Å². The molecule has 1 aliphatic rings. The number of hydrogen-bond donors (Lipinski definition) is 3. The van der Waals surface area contributed by atoms with Crippen molar-refractivity contribution in [2.45, 2.75) is 26.5 Å². The van der Waals surface area contributed by atoms with Crippen LogP contribution in [-0.2, 0) is 20.9 Å². The molecule has 1 atom stereocenters. The van der Waals surface area contributed by atoms with Crippen molar-refractivity contribution in [2.75, 3.05) is 27.4 Å². The van der Waals surface area contributed by atoms with Gasteiger partial charge in [0.2, 0.25) is 0 Å². The molecule has 0 unspecified atom stereocenters. The zero-order chi connectivity index (χ0) is 34.1. The van der Waals surface area contributed by atoms with Gasteiger partial charge in [0.25, 0.3) is 5.91 Å². The minimum Gasteiger partial charge on any atom is -0.493 e. The zero-order valence-corrected chi connectivity index (χ0v) is 29.4. The summed E-state index contributed by atoms with van der Waals surface area (Å²) in [6.45, 7) is 3.23. The van der Waals surface area contributed by atoms with Crippen LogP contribution in [0.1, 0.15) is 36.6 Å². The van der Waals surface area contributed by atoms with Crippen LogP contribution in [0, 0.1) is 3.57 Å². The Morgan fingerprint density at radius 3 is 2.49 bits per heavy atom. The fraction of sp³-hybridized carbons (Fsp3) is 0.250. The van der Waals surface area contributed by atoms with Crippen LogP contribution in [0.3, 0.4) is 0 Å². The van der Waals surface area contributed by atoms with E-state index in [1.54, 1.807) is 56.3 Å². The van der Waals surface area contributed by atoms with Crippen molar-refractivity contribution >= 4 is 69.9 Å². The van der Waals surface area contributed by atoms with Gasteiger partial charge in [-0.3, -0.25) is 4.79 Å². The quantitative estimate of drug-likeness (QED) is 0.0838. The third kappa shape index (κ3) is 9.20. The Labute approximate surface area is 294 Å². The molecule has 0 saturated carbocycles. The molecule has 4 rings (SSSR count). The number of ether oxygens (including phenoxy) is 5. The summed E-state index contributed by atoms with van der Waals surface area (Å²) < 4.78 is 28.8. The highest BCUT2D eigenvalue weighted by Crippen LogP contribution is 2.36. The Balaban J connectivity index is 1.43. The average molecular weight is 797 g/mol.